The molecule has 0 aliphatic rings. The average molecular weight is 280 g/mol. The quantitative estimate of drug-likeness (QED) is 0.801. The molecule has 0 saturated heterocycles. The van der Waals surface area contributed by atoms with Crippen molar-refractivity contribution in [1.29, 1.82) is 0 Å². The van der Waals surface area contributed by atoms with Crippen LogP contribution in [0.4, 0.5) is 0 Å². The largest absolute Gasteiger partial charge is 0.468 e. The van der Waals surface area contributed by atoms with E-state index in [9.17, 15) is 9.59 Å². The summed E-state index contributed by atoms with van der Waals surface area (Å²) in [4.78, 5) is 20.4. The number of hydrogen-bond acceptors (Lipinski definition) is 6. The van der Waals surface area contributed by atoms with Crippen LogP contribution in [0.25, 0.3) is 0 Å². The number of aldehydes is 2. The SMILES string of the molecule is COc1cc(C)c(C=O)o1.COc1cc(C)c(C=O)o1. The molecule has 0 saturated carbocycles. The van der Waals surface area contributed by atoms with Crippen LogP contribution in [0.1, 0.15) is 32.2 Å². The molecule has 0 aromatic carbocycles. The number of aryl methyl sites for hydroxylation is 2. The number of hydrogen-bond donors (Lipinski definition) is 0. The Morgan fingerprint density at radius 1 is 0.850 bits per heavy atom. The van der Waals surface area contributed by atoms with Gasteiger partial charge in [-0.2, -0.15) is 0 Å². The van der Waals surface area contributed by atoms with E-state index in [4.69, 9.17) is 18.3 Å². The van der Waals surface area contributed by atoms with Crippen molar-refractivity contribution in [2.24, 2.45) is 0 Å². The Labute approximate surface area is 116 Å². The number of rotatable bonds is 4. The summed E-state index contributed by atoms with van der Waals surface area (Å²) in [5, 5.41) is 0. The topological polar surface area (TPSA) is 78.9 Å². The highest BCUT2D eigenvalue weighted by Crippen LogP contribution is 2.19. The molecule has 0 spiro atoms. The van der Waals surface area contributed by atoms with Crippen molar-refractivity contribution in [2.45, 2.75) is 13.8 Å². The van der Waals surface area contributed by atoms with E-state index in [0.717, 1.165) is 11.1 Å². The number of carbonyl (C=O) groups excluding carboxylic acids is 2. The zero-order valence-corrected chi connectivity index (χ0v) is 11.8. The van der Waals surface area contributed by atoms with Crippen molar-refractivity contribution in [2.75, 3.05) is 14.2 Å². The van der Waals surface area contributed by atoms with Gasteiger partial charge in [-0.05, 0) is 13.8 Å². The van der Waals surface area contributed by atoms with Crippen LogP contribution in [0, 0.1) is 13.8 Å². The molecule has 108 valence electrons. The summed E-state index contributed by atoms with van der Waals surface area (Å²) in [5.74, 6) is 1.41. The summed E-state index contributed by atoms with van der Waals surface area (Å²) >= 11 is 0. The summed E-state index contributed by atoms with van der Waals surface area (Å²) in [5.41, 5.74) is 1.60. The minimum Gasteiger partial charge on any atom is -0.468 e. The van der Waals surface area contributed by atoms with E-state index in [1.807, 2.05) is 0 Å². The number of furan rings is 2. The average Bonchev–Trinajstić information content (AvgIpc) is 3.01. The van der Waals surface area contributed by atoms with Gasteiger partial charge < -0.3 is 18.3 Å². The van der Waals surface area contributed by atoms with E-state index in [0.29, 0.717) is 36.0 Å². The summed E-state index contributed by atoms with van der Waals surface area (Å²) in [6.45, 7) is 3.57. The third-order valence-electron chi connectivity index (χ3n) is 2.48. The van der Waals surface area contributed by atoms with Crippen LogP contribution in [-0.2, 0) is 0 Å². The lowest BCUT2D eigenvalue weighted by molar-refractivity contribution is 0.108. The van der Waals surface area contributed by atoms with Crippen molar-refractivity contribution in [3.8, 4) is 11.9 Å². The Bertz CT molecular complexity index is 526. The Balaban J connectivity index is 0.000000200. The van der Waals surface area contributed by atoms with Gasteiger partial charge in [0.15, 0.2) is 24.1 Å². The monoisotopic (exact) mass is 280 g/mol. The number of methoxy groups -OCH3 is 2. The predicted molar refractivity (Wildman–Crippen MR) is 70.8 cm³/mol. The van der Waals surface area contributed by atoms with Crippen molar-refractivity contribution in [3.05, 3.63) is 34.8 Å². The maximum Gasteiger partial charge on any atom is 0.284 e. The molecule has 2 aromatic rings. The third-order valence-corrected chi connectivity index (χ3v) is 2.48. The maximum absolute atomic E-state index is 10.2. The molecule has 0 atom stereocenters. The highest BCUT2D eigenvalue weighted by atomic mass is 16.6. The minimum atomic E-state index is 0.330. The predicted octanol–water partition coefficient (Wildman–Crippen LogP) is 2.82. The molecule has 0 N–H and O–H groups in total. The normalized spacial score (nSPS) is 9.40. The van der Waals surface area contributed by atoms with Crippen LogP contribution in [0.2, 0.25) is 0 Å². The molecule has 0 fully saturated rings. The first-order valence-electron chi connectivity index (χ1n) is 5.74. The molecule has 6 nitrogen and oxygen atoms in total. The molecule has 2 rings (SSSR count). The van der Waals surface area contributed by atoms with Gasteiger partial charge in [0.25, 0.3) is 11.9 Å². The molecule has 0 bridgehead atoms. The van der Waals surface area contributed by atoms with Gasteiger partial charge in [0.2, 0.25) is 0 Å². The van der Waals surface area contributed by atoms with Gasteiger partial charge in [0, 0.05) is 23.3 Å². The lowest BCUT2D eigenvalue weighted by atomic mass is 10.3. The summed E-state index contributed by atoms with van der Waals surface area (Å²) in [6, 6.07) is 3.34. The van der Waals surface area contributed by atoms with Crippen molar-refractivity contribution in [1.82, 2.24) is 0 Å². The van der Waals surface area contributed by atoms with E-state index < -0.39 is 0 Å². The molecule has 6 heteroatoms. The summed E-state index contributed by atoms with van der Waals surface area (Å²) in [6.07, 6.45) is 1.33. The lowest BCUT2D eigenvalue weighted by Gasteiger charge is -1.87. The molecule has 0 unspecified atom stereocenters. The second kappa shape index (κ2) is 7.18. The van der Waals surface area contributed by atoms with Gasteiger partial charge in [0.05, 0.1) is 14.2 Å². The fraction of sp³-hybridized carbons (Fsp3) is 0.286. The van der Waals surface area contributed by atoms with E-state index in [1.165, 1.54) is 14.2 Å². The van der Waals surface area contributed by atoms with E-state index >= 15 is 0 Å². The summed E-state index contributed by atoms with van der Waals surface area (Å²) < 4.78 is 19.3. The Morgan fingerprint density at radius 2 is 1.20 bits per heavy atom. The fourth-order valence-electron chi connectivity index (χ4n) is 1.37. The smallest absolute Gasteiger partial charge is 0.284 e. The van der Waals surface area contributed by atoms with E-state index in [2.05, 4.69) is 0 Å². The first kappa shape index (κ1) is 15.6. The first-order valence-corrected chi connectivity index (χ1v) is 5.74. The molecule has 2 heterocycles. The van der Waals surface area contributed by atoms with Crippen LogP contribution < -0.4 is 9.47 Å². The molecule has 0 aliphatic carbocycles. The molecular formula is C14H16O6. The standard InChI is InChI=1S/2C7H8O3/c2*1-5-3-7(9-2)10-6(5)4-8/h2*3-4H,1-2H3. The summed E-state index contributed by atoms with van der Waals surface area (Å²) in [7, 11) is 2.99. The molecule has 0 amide bonds. The van der Waals surface area contributed by atoms with Crippen molar-refractivity contribution < 1.29 is 27.9 Å². The zero-order valence-electron chi connectivity index (χ0n) is 11.8. The van der Waals surface area contributed by atoms with Gasteiger partial charge in [-0.15, -0.1) is 0 Å². The van der Waals surface area contributed by atoms with Gasteiger partial charge in [-0.3, -0.25) is 9.59 Å². The van der Waals surface area contributed by atoms with Crippen molar-refractivity contribution >= 4 is 12.6 Å². The van der Waals surface area contributed by atoms with E-state index in [1.54, 1.807) is 26.0 Å². The van der Waals surface area contributed by atoms with Crippen LogP contribution >= 0.6 is 0 Å². The second-order valence-electron chi connectivity index (χ2n) is 3.87. The number of ether oxygens (including phenoxy) is 2. The molecule has 0 aliphatic heterocycles. The first-order chi connectivity index (χ1) is 9.55. The Hall–Kier alpha value is -2.50. The van der Waals surface area contributed by atoms with Crippen molar-refractivity contribution in [3.63, 3.8) is 0 Å². The molecule has 20 heavy (non-hydrogen) atoms. The molecule has 0 radical (unpaired) electrons. The Morgan fingerprint density at radius 3 is 1.35 bits per heavy atom. The number of carbonyl (C=O) groups is 2. The minimum absolute atomic E-state index is 0.330. The van der Waals surface area contributed by atoms with E-state index in [-0.39, 0.29) is 0 Å². The van der Waals surface area contributed by atoms with Crippen LogP contribution in [0.5, 0.6) is 11.9 Å². The fourth-order valence-corrected chi connectivity index (χ4v) is 1.37. The lowest BCUT2D eigenvalue weighted by Crippen LogP contribution is -1.76. The Kier molecular flexibility index (Phi) is 5.58. The zero-order chi connectivity index (χ0) is 15.1. The maximum atomic E-state index is 10.2. The highest BCUT2D eigenvalue weighted by Gasteiger charge is 2.05. The highest BCUT2D eigenvalue weighted by molar-refractivity contribution is 5.73. The molecule has 2 aromatic heterocycles. The van der Waals surface area contributed by atoms with Gasteiger partial charge in [0.1, 0.15) is 0 Å². The molecular weight excluding hydrogens is 264 g/mol. The van der Waals surface area contributed by atoms with Gasteiger partial charge in [-0.25, -0.2) is 0 Å². The van der Waals surface area contributed by atoms with Crippen LogP contribution in [0.3, 0.4) is 0 Å². The van der Waals surface area contributed by atoms with Gasteiger partial charge >= 0.3 is 0 Å². The van der Waals surface area contributed by atoms with Crippen LogP contribution in [-0.4, -0.2) is 26.8 Å². The van der Waals surface area contributed by atoms with Crippen LogP contribution in [0.15, 0.2) is 21.0 Å². The van der Waals surface area contributed by atoms with Gasteiger partial charge in [-0.1, -0.05) is 0 Å². The third kappa shape index (κ3) is 3.74. The second-order valence-corrected chi connectivity index (χ2v) is 3.87.